The van der Waals surface area contributed by atoms with E-state index in [0.29, 0.717) is 16.6 Å². The van der Waals surface area contributed by atoms with Crippen molar-refractivity contribution in [2.75, 3.05) is 0 Å². The largest absolute Gasteiger partial charge is 0.444 e. The Kier molecular flexibility index (Phi) is 5.90. The van der Waals surface area contributed by atoms with Gasteiger partial charge >= 0.3 is 6.09 Å². The molecule has 1 atom stereocenters. The van der Waals surface area contributed by atoms with Gasteiger partial charge in [0.25, 0.3) is 0 Å². The second-order valence-electron chi connectivity index (χ2n) is 7.91. The van der Waals surface area contributed by atoms with Crippen molar-refractivity contribution in [3.63, 3.8) is 0 Å². The fourth-order valence-corrected chi connectivity index (χ4v) is 3.18. The maximum atomic E-state index is 14.9. The maximum absolute atomic E-state index is 14.9. The molecule has 30 heavy (non-hydrogen) atoms. The second kappa shape index (κ2) is 8.10. The zero-order chi connectivity index (χ0) is 22.2. The molecule has 158 valence electrons. The molecule has 0 spiro atoms. The second-order valence-corrected chi connectivity index (χ2v) is 8.25. The first-order chi connectivity index (χ1) is 13.9. The predicted octanol–water partition coefficient (Wildman–Crippen LogP) is 5.52. The highest BCUT2D eigenvalue weighted by Crippen LogP contribution is 2.32. The number of hydrogen-bond acceptors (Lipinski definition) is 5. The van der Waals surface area contributed by atoms with E-state index in [4.69, 9.17) is 16.3 Å². The molecule has 0 saturated carbocycles. The van der Waals surface area contributed by atoms with E-state index in [1.807, 2.05) is 0 Å². The minimum absolute atomic E-state index is 0.104. The van der Waals surface area contributed by atoms with Crippen molar-refractivity contribution in [3.8, 4) is 11.3 Å². The van der Waals surface area contributed by atoms with Gasteiger partial charge in [0.05, 0.1) is 12.2 Å². The van der Waals surface area contributed by atoms with Crippen molar-refractivity contribution in [2.45, 2.75) is 46.3 Å². The van der Waals surface area contributed by atoms with Crippen LogP contribution >= 0.6 is 11.6 Å². The molecule has 3 aromatic rings. The zero-order valence-electron chi connectivity index (χ0n) is 17.2. The van der Waals surface area contributed by atoms with Crippen LogP contribution in [0.2, 0.25) is 5.28 Å². The van der Waals surface area contributed by atoms with E-state index in [-0.39, 0.29) is 22.1 Å². The molecule has 0 aliphatic heterocycles. The summed E-state index contributed by atoms with van der Waals surface area (Å²) in [5.74, 6) is -1.38. The van der Waals surface area contributed by atoms with Crippen LogP contribution in [-0.4, -0.2) is 26.6 Å². The van der Waals surface area contributed by atoms with E-state index in [1.165, 1.54) is 0 Å². The lowest BCUT2D eigenvalue weighted by atomic mass is 9.98. The van der Waals surface area contributed by atoms with Crippen molar-refractivity contribution in [3.05, 3.63) is 52.6 Å². The molecular weight excluding hydrogens is 414 g/mol. The number of carbonyl (C=O) groups is 1. The van der Waals surface area contributed by atoms with Crippen LogP contribution in [0.3, 0.4) is 0 Å². The minimum Gasteiger partial charge on any atom is -0.444 e. The summed E-state index contributed by atoms with van der Waals surface area (Å²) in [6, 6.07) is 3.91. The van der Waals surface area contributed by atoms with Gasteiger partial charge in [-0.05, 0) is 70.0 Å². The molecule has 0 radical (unpaired) electrons. The number of carbonyl (C=O) groups excluding carboxylic acids is 1. The first kappa shape index (κ1) is 21.8. The normalized spacial score (nSPS) is 12.7. The monoisotopic (exact) mass is 434 g/mol. The smallest absolute Gasteiger partial charge is 0.408 e. The van der Waals surface area contributed by atoms with Crippen LogP contribution in [0.4, 0.5) is 13.6 Å². The van der Waals surface area contributed by atoms with E-state index in [1.54, 1.807) is 46.8 Å². The maximum Gasteiger partial charge on any atom is 0.408 e. The van der Waals surface area contributed by atoms with Gasteiger partial charge in [-0.3, -0.25) is 4.98 Å². The van der Waals surface area contributed by atoms with Crippen LogP contribution in [0.15, 0.2) is 24.4 Å². The van der Waals surface area contributed by atoms with Gasteiger partial charge in [0.2, 0.25) is 5.28 Å². The quantitative estimate of drug-likeness (QED) is 0.549. The standard InChI is InChI=1S/C21H21ClF2N4O2/c1-10-6-13(11(2)27-20(29)30-21(3,4)5)14-7-12(8-15(23)18(14)26-10)17-16(24)9-25-19(22)28-17/h6-9,11H,1-5H3,(H,27,29). The number of benzene rings is 1. The zero-order valence-corrected chi connectivity index (χ0v) is 17.9. The lowest BCUT2D eigenvalue weighted by Gasteiger charge is -2.23. The summed E-state index contributed by atoms with van der Waals surface area (Å²) in [5.41, 5.74) is 0.659. The Morgan fingerprint density at radius 2 is 1.87 bits per heavy atom. The number of ether oxygens (including phenoxy) is 1. The van der Waals surface area contributed by atoms with E-state index < -0.39 is 29.4 Å². The summed E-state index contributed by atoms with van der Waals surface area (Å²) in [7, 11) is 0. The number of fused-ring (bicyclic) bond motifs is 1. The predicted molar refractivity (Wildman–Crippen MR) is 110 cm³/mol. The molecule has 1 N–H and O–H groups in total. The van der Waals surface area contributed by atoms with Crippen molar-refractivity contribution >= 4 is 28.6 Å². The van der Waals surface area contributed by atoms with Crippen molar-refractivity contribution in [1.82, 2.24) is 20.3 Å². The van der Waals surface area contributed by atoms with E-state index in [9.17, 15) is 13.6 Å². The first-order valence-corrected chi connectivity index (χ1v) is 9.61. The average Bonchev–Trinajstić information content (AvgIpc) is 2.62. The highest BCUT2D eigenvalue weighted by molar-refractivity contribution is 6.28. The van der Waals surface area contributed by atoms with Gasteiger partial charge in [-0.15, -0.1) is 0 Å². The Morgan fingerprint density at radius 3 is 2.53 bits per heavy atom. The van der Waals surface area contributed by atoms with Gasteiger partial charge in [0, 0.05) is 16.6 Å². The molecule has 3 rings (SSSR count). The number of aromatic nitrogens is 3. The molecule has 0 aliphatic carbocycles. The highest BCUT2D eigenvalue weighted by atomic mass is 35.5. The summed E-state index contributed by atoms with van der Waals surface area (Å²) in [5, 5.41) is 2.99. The fourth-order valence-electron chi connectivity index (χ4n) is 3.05. The molecule has 1 aromatic carbocycles. The molecule has 2 aromatic heterocycles. The number of amides is 1. The lowest BCUT2D eigenvalue weighted by Crippen LogP contribution is -2.34. The molecule has 9 heteroatoms. The van der Waals surface area contributed by atoms with Gasteiger partial charge in [-0.2, -0.15) is 0 Å². The summed E-state index contributed by atoms with van der Waals surface area (Å²) in [6.07, 6.45) is 0.316. The van der Waals surface area contributed by atoms with Crippen molar-refractivity contribution in [2.24, 2.45) is 0 Å². The minimum atomic E-state index is -0.736. The Bertz CT molecular complexity index is 1130. The summed E-state index contributed by atoms with van der Waals surface area (Å²) in [4.78, 5) is 23.9. The van der Waals surface area contributed by atoms with Crippen molar-refractivity contribution < 1.29 is 18.3 Å². The van der Waals surface area contributed by atoms with Gasteiger partial charge in [0.1, 0.15) is 22.6 Å². The highest BCUT2D eigenvalue weighted by Gasteiger charge is 2.21. The first-order valence-electron chi connectivity index (χ1n) is 9.23. The Balaban J connectivity index is 2.11. The fraction of sp³-hybridized carbons (Fsp3) is 0.333. The molecule has 0 saturated heterocycles. The number of aryl methyl sites for hydroxylation is 1. The summed E-state index contributed by atoms with van der Waals surface area (Å²) < 4.78 is 34.4. The number of pyridine rings is 1. The number of halogens is 3. The number of nitrogens with one attached hydrogen (secondary N) is 1. The SMILES string of the molecule is Cc1cc(C(C)NC(=O)OC(C)(C)C)c2cc(-c3nc(Cl)ncc3F)cc(F)c2n1. The van der Waals surface area contributed by atoms with Crippen LogP contribution in [0, 0.1) is 18.6 Å². The molecule has 2 heterocycles. The number of hydrogen-bond donors (Lipinski definition) is 1. The third-order valence-corrected chi connectivity index (χ3v) is 4.40. The Hall–Kier alpha value is -2.87. The molecular formula is C21H21ClF2N4O2. The van der Waals surface area contributed by atoms with Crippen LogP contribution in [-0.2, 0) is 4.74 Å². The van der Waals surface area contributed by atoms with E-state index >= 15 is 0 Å². The summed E-state index contributed by atoms with van der Waals surface area (Å²) in [6.45, 7) is 8.73. The topological polar surface area (TPSA) is 77.0 Å². The third-order valence-electron chi connectivity index (χ3n) is 4.21. The van der Waals surface area contributed by atoms with Gasteiger partial charge in [-0.25, -0.2) is 23.5 Å². The Labute approximate surface area is 177 Å². The number of rotatable bonds is 3. The molecule has 1 amide bonds. The summed E-state index contributed by atoms with van der Waals surface area (Å²) >= 11 is 5.78. The molecule has 0 aliphatic rings. The van der Waals surface area contributed by atoms with Crippen LogP contribution in [0.1, 0.15) is 45.0 Å². The Morgan fingerprint density at radius 1 is 1.17 bits per heavy atom. The van der Waals surface area contributed by atoms with Crippen LogP contribution in [0.25, 0.3) is 22.2 Å². The third kappa shape index (κ3) is 4.81. The number of alkyl carbamates (subject to hydrolysis) is 1. The van der Waals surface area contributed by atoms with Crippen LogP contribution < -0.4 is 5.32 Å². The van der Waals surface area contributed by atoms with Gasteiger partial charge in [-0.1, -0.05) is 0 Å². The van der Waals surface area contributed by atoms with Gasteiger partial charge < -0.3 is 10.1 Å². The van der Waals surface area contributed by atoms with Crippen LogP contribution in [0.5, 0.6) is 0 Å². The van der Waals surface area contributed by atoms with Gasteiger partial charge in [0.15, 0.2) is 5.82 Å². The average molecular weight is 435 g/mol. The van der Waals surface area contributed by atoms with E-state index in [2.05, 4.69) is 20.3 Å². The lowest BCUT2D eigenvalue weighted by molar-refractivity contribution is 0.0508. The van der Waals surface area contributed by atoms with E-state index in [0.717, 1.165) is 12.3 Å². The molecule has 0 bridgehead atoms. The molecule has 6 nitrogen and oxygen atoms in total. The van der Waals surface area contributed by atoms with Crippen molar-refractivity contribution in [1.29, 1.82) is 0 Å². The molecule has 1 unspecified atom stereocenters. The number of nitrogens with zero attached hydrogens (tertiary/aromatic N) is 3. The molecule has 0 fully saturated rings.